The Balaban J connectivity index is 1.47. The number of nitrogen functional groups attached to an aromatic ring is 1. The first-order valence-electron chi connectivity index (χ1n) is 10.4. The van der Waals surface area contributed by atoms with E-state index in [-0.39, 0.29) is 34.4 Å². The number of oxime groups is 1. The number of nitrogens with two attached hydrogens (primary N) is 1. The van der Waals surface area contributed by atoms with Gasteiger partial charge < -0.3 is 26.1 Å². The third kappa shape index (κ3) is 5.58. The van der Waals surface area contributed by atoms with E-state index in [1.165, 1.54) is 52.3 Å². The van der Waals surface area contributed by atoms with Crippen molar-refractivity contribution in [1.29, 1.82) is 0 Å². The van der Waals surface area contributed by atoms with Gasteiger partial charge in [-0.15, -0.1) is 34.4 Å². The third-order valence-electron chi connectivity index (χ3n) is 5.25. The quantitative estimate of drug-likeness (QED) is 0.134. The molecule has 2 unspecified atom stereocenters. The van der Waals surface area contributed by atoms with E-state index in [1.807, 2.05) is 0 Å². The van der Waals surface area contributed by atoms with Crippen LogP contribution in [0.3, 0.4) is 0 Å². The summed E-state index contributed by atoms with van der Waals surface area (Å²) in [6.45, 7) is 1.72. The molecule has 2 amide bonds. The average molecular weight is 585 g/mol. The SMILES string of the molecule is CON=C(C(=O)NC1C(=O)N2C(C(=O)O)=C(CSc3nc(C)c(CC(=O)O)s3)CSC12)c1csc(N)n1. The molecule has 37 heavy (non-hydrogen) atoms. The van der Waals surface area contributed by atoms with Crippen molar-refractivity contribution < 1.29 is 34.2 Å². The number of β-lactam (4-membered cyclic amide) rings is 1. The Morgan fingerprint density at radius 2 is 2.11 bits per heavy atom. The van der Waals surface area contributed by atoms with Crippen LogP contribution in [0.4, 0.5) is 5.13 Å². The number of thioether (sulfide) groups is 2. The van der Waals surface area contributed by atoms with Crippen LogP contribution in [0.15, 0.2) is 26.1 Å². The summed E-state index contributed by atoms with van der Waals surface area (Å²) in [5.74, 6) is -2.89. The second-order valence-electron chi connectivity index (χ2n) is 7.66. The lowest BCUT2D eigenvalue weighted by Gasteiger charge is -2.49. The van der Waals surface area contributed by atoms with Gasteiger partial charge in [0.05, 0.1) is 12.1 Å². The van der Waals surface area contributed by atoms with Gasteiger partial charge in [0, 0.05) is 21.8 Å². The Morgan fingerprint density at radius 3 is 2.73 bits per heavy atom. The number of carbonyl (C=O) groups excluding carboxylic acids is 2. The van der Waals surface area contributed by atoms with Gasteiger partial charge in [-0.1, -0.05) is 16.9 Å². The maximum atomic E-state index is 13.0. The smallest absolute Gasteiger partial charge is 0.352 e. The van der Waals surface area contributed by atoms with Crippen LogP contribution < -0.4 is 11.1 Å². The van der Waals surface area contributed by atoms with E-state index in [0.29, 0.717) is 26.2 Å². The maximum absolute atomic E-state index is 13.0. The summed E-state index contributed by atoms with van der Waals surface area (Å²) >= 11 is 4.98. The standard InChI is InChI=1S/C20H20N6O7S4/c1-7-10(3-11(27)28)37-20(22-7)36-5-8-4-34-17-13(16(30)26(17)14(8)18(31)32)24-15(29)12(25-33-2)9-6-35-19(21)23-9/h6,13,17H,3-5H2,1-2H3,(H2,21,23)(H,24,29)(H,27,28)(H,31,32). The number of aliphatic carboxylic acids is 2. The molecule has 5 N–H and O–H groups in total. The molecule has 1 fully saturated rings. The Labute approximate surface area is 226 Å². The summed E-state index contributed by atoms with van der Waals surface area (Å²) in [6.07, 6.45) is -0.132. The normalized spacial score (nSPS) is 19.4. The van der Waals surface area contributed by atoms with Crippen LogP contribution in [-0.4, -0.2) is 84.6 Å². The van der Waals surface area contributed by atoms with E-state index in [1.54, 1.807) is 6.92 Å². The van der Waals surface area contributed by atoms with Crippen LogP contribution in [0, 0.1) is 6.92 Å². The Morgan fingerprint density at radius 1 is 1.35 bits per heavy atom. The lowest BCUT2D eigenvalue weighted by atomic mass is 10.0. The van der Waals surface area contributed by atoms with Crippen LogP contribution in [0.5, 0.6) is 0 Å². The zero-order valence-electron chi connectivity index (χ0n) is 19.3. The monoisotopic (exact) mass is 584 g/mol. The average Bonchev–Trinajstić information content (AvgIpc) is 3.42. The Kier molecular flexibility index (Phi) is 8.05. The number of aryl methyl sites for hydroxylation is 1. The number of carbonyl (C=O) groups is 4. The van der Waals surface area contributed by atoms with E-state index in [2.05, 4.69) is 20.4 Å². The second-order valence-corrected chi connectivity index (χ2v) is 12.0. The molecule has 2 aliphatic heterocycles. The van der Waals surface area contributed by atoms with Crippen molar-refractivity contribution in [2.45, 2.75) is 29.1 Å². The van der Waals surface area contributed by atoms with Gasteiger partial charge in [0.25, 0.3) is 11.8 Å². The first-order valence-corrected chi connectivity index (χ1v) is 14.2. The zero-order chi connectivity index (χ0) is 26.9. The Bertz CT molecular complexity index is 1340. The summed E-state index contributed by atoms with van der Waals surface area (Å²) in [7, 11) is 1.26. The summed E-state index contributed by atoms with van der Waals surface area (Å²) < 4.78 is 0.617. The number of nitrogens with one attached hydrogen (secondary N) is 1. The second kappa shape index (κ2) is 11.1. The van der Waals surface area contributed by atoms with Gasteiger partial charge in [0.1, 0.15) is 29.9 Å². The van der Waals surface area contributed by atoms with Gasteiger partial charge in [0.2, 0.25) is 0 Å². The minimum Gasteiger partial charge on any atom is -0.481 e. The summed E-state index contributed by atoms with van der Waals surface area (Å²) in [6, 6.07) is -0.959. The molecule has 0 aliphatic carbocycles. The van der Waals surface area contributed by atoms with Gasteiger partial charge in [-0.25, -0.2) is 14.8 Å². The largest absolute Gasteiger partial charge is 0.481 e. The number of fused-ring (bicyclic) bond motifs is 1. The zero-order valence-corrected chi connectivity index (χ0v) is 22.6. The fourth-order valence-corrected chi connectivity index (χ4v) is 7.87. The highest BCUT2D eigenvalue weighted by Gasteiger charge is 2.54. The van der Waals surface area contributed by atoms with Gasteiger partial charge >= 0.3 is 11.9 Å². The molecule has 4 heterocycles. The third-order valence-corrected chi connectivity index (χ3v) is 9.65. The fourth-order valence-electron chi connectivity index (χ4n) is 3.61. The lowest BCUT2D eigenvalue weighted by molar-refractivity contribution is -0.150. The molecule has 4 rings (SSSR count). The van der Waals surface area contributed by atoms with E-state index >= 15 is 0 Å². The number of anilines is 1. The first-order chi connectivity index (χ1) is 17.6. The van der Waals surface area contributed by atoms with Crippen LogP contribution in [0.1, 0.15) is 16.3 Å². The van der Waals surface area contributed by atoms with E-state index in [4.69, 9.17) is 15.7 Å². The number of carboxylic acids is 2. The molecule has 0 aromatic carbocycles. The molecule has 0 spiro atoms. The predicted octanol–water partition coefficient (Wildman–Crippen LogP) is 0.999. The highest BCUT2D eigenvalue weighted by atomic mass is 32.2. The van der Waals surface area contributed by atoms with Gasteiger partial charge in [-0.3, -0.25) is 19.3 Å². The van der Waals surface area contributed by atoms with Crippen LogP contribution in [0.2, 0.25) is 0 Å². The van der Waals surface area contributed by atoms with Crippen molar-refractivity contribution in [3.05, 3.63) is 32.9 Å². The van der Waals surface area contributed by atoms with Gasteiger partial charge in [0.15, 0.2) is 15.2 Å². The minimum atomic E-state index is -1.25. The van der Waals surface area contributed by atoms with Crippen molar-refractivity contribution in [3.8, 4) is 0 Å². The first kappa shape index (κ1) is 26.9. The predicted molar refractivity (Wildman–Crippen MR) is 139 cm³/mol. The molecule has 0 bridgehead atoms. The van der Waals surface area contributed by atoms with Crippen molar-refractivity contribution in [3.63, 3.8) is 0 Å². The topological polar surface area (TPSA) is 197 Å². The number of hydrogen-bond acceptors (Lipinski definition) is 13. The van der Waals surface area contributed by atoms with Crippen LogP contribution in [0.25, 0.3) is 0 Å². The van der Waals surface area contributed by atoms with Crippen LogP contribution >= 0.6 is 46.2 Å². The molecule has 196 valence electrons. The Hall–Kier alpha value is -3.15. The van der Waals surface area contributed by atoms with Crippen molar-refractivity contribution in [2.24, 2.45) is 5.16 Å². The summed E-state index contributed by atoms with van der Waals surface area (Å²) in [4.78, 5) is 63.9. The number of hydrogen-bond donors (Lipinski definition) is 4. The molecule has 17 heteroatoms. The van der Waals surface area contributed by atoms with E-state index in [9.17, 15) is 24.3 Å². The van der Waals surface area contributed by atoms with Gasteiger partial charge in [-0.2, -0.15) is 0 Å². The number of carboxylic acid groups (broad SMARTS) is 2. The van der Waals surface area contributed by atoms with Crippen molar-refractivity contribution in [2.75, 3.05) is 24.3 Å². The molecule has 2 aromatic heterocycles. The van der Waals surface area contributed by atoms with E-state index < -0.39 is 35.2 Å². The molecule has 0 radical (unpaired) electrons. The molecule has 2 atom stereocenters. The fraction of sp³-hybridized carbons (Fsp3) is 0.350. The highest BCUT2D eigenvalue weighted by molar-refractivity contribution is 8.01. The molecule has 2 aliphatic rings. The molecule has 1 saturated heterocycles. The molecular weight excluding hydrogens is 565 g/mol. The van der Waals surface area contributed by atoms with Gasteiger partial charge in [-0.05, 0) is 12.5 Å². The molecule has 0 saturated carbocycles. The number of thiazole rings is 2. The number of rotatable bonds is 10. The van der Waals surface area contributed by atoms with E-state index in [0.717, 1.165) is 11.3 Å². The maximum Gasteiger partial charge on any atom is 0.352 e. The minimum absolute atomic E-state index is 0.121. The van der Waals surface area contributed by atoms with Crippen molar-refractivity contribution in [1.82, 2.24) is 20.2 Å². The van der Waals surface area contributed by atoms with Crippen molar-refractivity contribution >= 4 is 80.8 Å². The molecular formula is C20H20N6O7S4. The summed E-state index contributed by atoms with van der Waals surface area (Å²) in [5.41, 5.74) is 6.70. The summed E-state index contributed by atoms with van der Waals surface area (Å²) in [5, 5.41) is 26.3. The molecule has 13 nitrogen and oxygen atoms in total. The number of aromatic nitrogens is 2. The molecule has 2 aromatic rings. The number of nitrogens with zero attached hydrogens (tertiary/aromatic N) is 4. The van der Waals surface area contributed by atoms with Crippen LogP contribution in [-0.2, 0) is 30.4 Å². The highest BCUT2D eigenvalue weighted by Crippen LogP contribution is 2.42. The lowest BCUT2D eigenvalue weighted by Crippen LogP contribution is -2.71. The number of amides is 2.